The zero-order valence-electron chi connectivity index (χ0n) is 5.02. The monoisotopic (exact) mass is 139 g/mol. The van der Waals surface area contributed by atoms with E-state index < -0.39 is 11.3 Å². The Morgan fingerprint density at radius 1 is 1.50 bits per heavy atom. The molecule has 0 bridgehead atoms. The molecule has 0 aliphatic rings. The average Bonchev–Trinajstić information content (AvgIpc) is 2.04. The van der Waals surface area contributed by atoms with Crippen molar-refractivity contribution in [3.05, 3.63) is 40.0 Å². The fourth-order valence-electron chi connectivity index (χ4n) is 0.526. The van der Waals surface area contributed by atoms with Gasteiger partial charge in [-0.2, -0.15) is 0 Å². The van der Waals surface area contributed by atoms with E-state index in [0.29, 0.717) is 0 Å². The Kier molecular flexibility index (Phi) is 1.53. The van der Waals surface area contributed by atoms with Gasteiger partial charge in [0.2, 0.25) is 5.75 Å². The zero-order chi connectivity index (χ0) is 7.56. The highest BCUT2D eigenvalue weighted by molar-refractivity contribution is 5.10. The predicted octanol–water partition coefficient (Wildman–Crippen LogP) is -0.614. The molecular formula is C6H5NO3. The van der Waals surface area contributed by atoms with Crippen LogP contribution in [0.2, 0.25) is 0 Å². The number of nitrogens with zero attached hydrogens (tertiary/aromatic N) is 1. The number of aromatic hydroxyl groups is 1. The quantitative estimate of drug-likeness (QED) is 0.385. The topological polar surface area (TPSA) is 64.2 Å². The molecule has 0 atom stereocenters. The molecule has 0 aromatic carbocycles. The molecule has 1 aromatic rings. The highest BCUT2D eigenvalue weighted by atomic mass is 16.5. The van der Waals surface area contributed by atoms with Crippen LogP contribution in [0.4, 0.5) is 0 Å². The number of aromatic nitrogens is 1. The van der Waals surface area contributed by atoms with Crippen LogP contribution >= 0.6 is 0 Å². The molecule has 0 amide bonds. The lowest BCUT2D eigenvalue weighted by atomic mass is 10.5. The molecule has 0 unspecified atom stereocenters. The molecule has 1 aromatic heterocycles. The third-order valence-corrected chi connectivity index (χ3v) is 1.01. The Hall–Kier alpha value is -1.58. The largest absolute Gasteiger partial charge is 0.616 e. The van der Waals surface area contributed by atoms with Gasteiger partial charge in [-0.15, -0.1) is 4.73 Å². The minimum Gasteiger partial charge on any atom is -0.616 e. The fourth-order valence-corrected chi connectivity index (χ4v) is 0.526. The van der Waals surface area contributed by atoms with E-state index in [0.717, 1.165) is 12.3 Å². The Labute approximate surface area is 56.6 Å². The standard InChI is InChI=1S/C6H5NO3/c8-5-3-1-2-4-7(10)6(5)9/h1-4,8H. The Bertz CT molecular complexity index is 269. The van der Waals surface area contributed by atoms with Crippen LogP contribution in [0.1, 0.15) is 0 Å². The van der Waals surface area contributed by atoms with Crippen molar-refractivity contribution in [2.45, 2.75) is 0 Å². The first-order chi connectivity index (χ1) is 4.72. The van der Waals surface area contributed by atoms with Crippen molar-refractivity contribution in [2.75, 3.05) is 0 Å². The molecule has 0 saturated carbocycles. The Morgan fingerprint density at radius 2 is 2.20 bits per heavy atom. The summed E-state index contributed by atoms with van der Waals surface area (Å²) in [4.78, 5) is 10.6. The molecule has 0 saturated heterocycles. The van der Waals surface area contributed by atoms with Crippen LogP contribution in [0.5, 0.6) is 5.75 Å². The maximum atomic E-state index is 10.6. The summed E-state index contributed by atoms with van der Waals surface area (Å²) < 4.78 is 0.0648. The molecule has 4 heteroatoms. The highest BCUT2D eigenvalue weighted by Crippen LogP contribution is 1.91. The summed E-state index contributed by atoms with van der Waals surface area (Å²) in [6.07, 6.45) is 1.03. The molecule has 0 fully saturated rings. The van der Waals surface area contributed by atoms with Gasteiger partial charge in [-0.05, 0) is 6.07 Å². The van der Waals surface area contributed by atoms with E-state index in [-0.39, 0.29) is 4.73 Å². The third-order valence-electron chi connectivity index (χ3n) is 1.01. The molecule has 52 valence electrons. The van der Waals surface area contributed by atoms with Crippen molar-refractivity contribution < 1.29 is 9.84 Å². The molecule has 0 spiro atoms. The molecular weight excluding hydrogens is 134 g/mol. The first kappa shape index (κ1) is 6.54. The van der Waals surface area contributed by atoms with Crippen molar-refractivity contribution in [2.24, 2.45) is 0 Å². The number of hydrogen-bond acceptors (Lipinski definition) is 3. The van der Waals surface area contributed by atoms with Crippen LogP contribution in [0.15, 0.2) is 29.2 Å². The third kappa shape index (κ3) is 1.05. The summed E-state index contributed by atoms with van der Waals surface area (Å²) in [6.45, 7) is 0. The van der Waals surface area contributed by atoms with E-state index in [1.165, 1.54) is 12.1 Å². The van der Waals surface area contributed by atoms with Crippen molar-refractivity contribution >= 4 is 0 Å². The van der Waals surface area contributed by atoms with Gasteiger partial charge in [-0.25, -0.2) is 4.79 Å². The predicted molar refractivity (Wildman–Crippen MR) is 33.3 cm³/mol. The second-order valence-corrected chi connectivity index (χ2v) is 1.72. The Morgan fingerprint density at radius 3 is 2.90 bits per heavy atom. The van der Waals surface area contributed by atoms with Crippen LogP contribution < -0.4 is 10.3 Å². The zero-order valence-corrected chi connectivity index (χ0v) is 5.02. The van der Waals surface area contributed by atoms with Crippen molar-refractivity contribution in [3.8, 4) is 5.75 Å². The van der Waals surface area contributed by atoms with E-state index in [2.05, 4.69) is 0 Å². The minimum atomic E-state index is -0.940. The van der Waals surface area contributed by atoms with Crippen molar-refractivity contribution in [1.29, 1.82) is 0 Å². The van der Waals surface area contributed by atoms with Gasteiger partial charge in [0.05, 0.1) is 0 Å². The second kappa shape index (κ2) is 2.34. The normalized spacial score (nSPS) is 9.20. The van der Waals surface area contributed by atoms with Gasteiger partial charge in [0, 0.05) is 6.07 Å². The van der Waals surface area contributed by atoms with E-state index in [9.17, 15) is 10.0 Å². The maximum absolute atomic E-state index is 10.6. The first-order valence-corrected chi connectivity index (χ1v) is 2.63. The second-order valence-electron chi connectivity index (χ2n) is 1.72. The molecule has 10 heavy (non-hydrogen) atoms. The minimum absolute atomic E-state index is 0.0648. The van der Waals surface area contributed by atoms with Crippen LogP contribution in [-0.2, 0) is 0 Å². The number of rotatable bonds is 0. The average molecular weight is 139 g/mol. The van der Waals surface area contributed by atoms with Gasteiger partial charge in [0.1, 0.15) is 0 Å². The summed E-state index contributed by atoms with van der Waals surface area (Å²) in [7, 11) is 0. The molecule has 0 aliphatic carbocycles. The lowest BCUT2D eigenvalue weighted by Gasteiger charge is -1.85. The molecule has 0 radical (unpaired) electrons. The van der Waals surface area contributed by atoms with Gasteiger partial charge in [0.15, 0.2) is 6.20 Å². The number of hydrogen-bond donors (Lipinski definition) is 1. The lowest BCUT2D eigenvalue weighted by Crippen LogP contribution is -2.42. The Balaban J connectivity index is 3.53. The summed E-state index contributed by atoms with van der Waals surface area (Å²) >= 11 is 0. The van der Waals surface area contributed by atoms with Gasteiger partial charge in [0.25, 0.3) is 0 Å². The molecule has 1 heterocycles. The lowest BCUT2D eigenvalue weighted by molar-refractivity contribution is -0.620. The van der Waals surface area contributed by atoms with Crippen LogP contribution in [0, 0.1) is 5.21 Å². The fraction of sp³-hybridized carbons (Fsp3) is 0. The van der Waals surface area contributed by atoms with E-state index in [1.807, 2.05) is 0 Å². The molecule has 4 nitrogen and oxygen atoms in total. The molecule has 1 rings (SSSR count). The van der Waals surface area contributed by atoms with Gasteiger partial charge < -0.3 is 10.3 Å². The summed E-state index contributed by atoms with van der Waals surface area (Å²) in [6, 6.07) is 3.94. The smallest absolute Gasteiger partial charge is 0.465 e. The van der Waals surface area contributed by atoms with Crippen molar-refractivity contribution in [3.63, 3.8) is 0 Å². The van der Waals surface area contributed by atoms with Gasteiger partial charge in [-0.3, -0.25) is 0 Å². The van der Waals surface area contributed by atoms with Crippen molar-refractivity contribution in [1.82, 2.24) is 0 Å². The maximum Gasteiger partial charge on any atom is 0.465 e. The highest BCUT2D eigenvalue weighted by Gasteiger charge is 2.00. The van der Waals surface area contributed by atoms with Crippen LogP contribution in [0.3, 0.4) is 0 Å². The molecule has 0 aliphatic heterocycles. The van der Waals surface area contributed by atoms with E-state index >= 15 is 0 Å². The van der Waals surface area contributed by atoms with Gasteiger partial charge >= 0.3 is 5.56 Å². The van der Waals surface area contributed by atoms with Crippen LogP contribution in [-0.4, -0.2) is 5.11 Å². The first-order valence-electron chi connectivity index (χ1n) is 2.63. The summed E-state index contributed by atoms with van der Waals surface area (Å²) in [5, 5.41) is 19.2. The summed E-state index contributed by atoms with van der Waals surface area (Å²) in [5.74, 6) is -0.542. The SMILES string of the molecule is O=c1c(O)cccc[n+]1[O-]. The van der Waals surface area contributed by atoms with Gasteiger partial charge in [-0.1, -0.05) is 6.07 Å². The van der Waals surface area contributed by atoms with Crippen LogP contribution in [0.25, 0.3) is 0 Å². The molecule has 1 N–H and O–H groups in total. The summed E-state index contributed by atoms with van der Waals surface area (Å²) in [5.41, 5.74) is -0.940. The van der Waals surface area contributed by atoms with E-state index in [4.69, 9.17) is 5.11 Å². The van der Waals surface area contributed by atoms with E-state index in [1.54, 1.807) is 0 Å².